The Kier molecular flexibility index (Phi) is 5.68. The monoisotopic (exact) mass is 254 g/mol. The van der Waals surface area contributed by atoms with Gasteiger partial charge in [0.1, 0.15) is 0 Å². The van der Waals surface area contributed by atoms with Crippen molar-refractivity contribution >= 4 is 12.0 Å². The maximum atomic E-state index is 11.9. The number of carbonyl (C=O) groups excluding carboxylic acids is 1. The summed E-state index contributed by atoms with van der Waals surface area (Å²) in [5.74, 6) is -0.805. The number of nitrogens with zero attached hydrogens (tertiary/aromatic N) is 1. The zero-order chi connectivity index (χ0) is 13.5. The van der Waals surface area contributed by atoms with E-state index in [4.69, 9.17) is 5.11 Å². The molecule has 0 aromatic heterocycles. The van der Waals surface area contributed by atoms with Gasteiger partial charge in [-0.3, -0.25) is 4.79 Å². The van der Waals surface area contributed by atoms with Crippen molar-refractivity contribution in [3.63, 3.8) is 0 Å². The molecule has 0 aromatic rings. The predicted octanol–water partition coefficient (Wildman–Crippen LogP) is 1.85. The van der Waals surface area contributed by atoms with Crippen LogP contribution in [0, 0.1) is 5.92 Å². The van der Waals surface area contributed by atoms with Gasteiger partial charge in [0.05, 0.1) is 0 Å². The van der Waals surface area contributed by atoms with Crippen molar-refractivity contribution < 1.29 is 14.7 Å². The summed E-state index contributed by atoms with van der Waals surface area (Å²) in [4.78, 5) is 24.3. The van der Waals surface area contributed by atoms with Gasteiger partial charge < -0.3 is 15.3 Å². The molecule has 102 valence electrons. The first kappa shape index (κ1) is 14.5. The van der Waals surface area contributed by atoms with Crippen LogP contribution in [-0.2, 0) is 4.79 Å². The van der Waals surface area contributed by atoms with E-state index in [1.807, 2.05) is 13.8 Å². The summed E-state index contributed by atoms with van der Waals surface area (Å²) >= 11 is 0. The van der Waals surface area contributed by atoms with Crippen LogP contribution in [-0.4, -0.2) is 41.6 Å². The zero-order valence-electron chi connectivity index (χ0n) is 11.1. The normalized spacial score (nSPS) is 17.0. The third kappa shape index (κ3) is 4.77. The van der Waals surface area contributed by atoms with Crippen molar-refractivity contribution in [3.8, 4) is 0 Å². The van der Waals surface area contributed by atoms with Gasteiger partial charge in [-0.15, -0.1) is 0 Å². The molecule has 1 atom stereocenters. The second kappa shape index (κ2) is 7.03. The Morgan fingerprint density at radius 1 is 1.56 bits per heavy atom. The standard InChI is InChI=1S/C13H22N2O3/c1-3-11(7-12(16)17)8-14-13(18)15-6-4-5-10(2)9-15/h5,11H,3-4,6-9H2,1-2H3,(H,14,18)(H,16,17). The molecule has 2 amide bonds. The van der Waals surface area contributed by atoms with Gasteiger partial charge in [0.25, 0.3) is 0 Å². The molecule has 0 aromatic carbocycles. The zero-order valence-corrected chi connectivity index (χ0v) is 11.1. The summed E-state index contributed by atoms with van der Waals surface area (Å²) in [6.07, 6.45) is 3.90. The van der Waals surface area contributed by atoms with Crippen LogP contribution in [0.5, 0.6) is 0 Å². The Labute approximate surface area is 108 Å². The van der Waals surface area contributed by atoms with E-state index in [0.717, 1.165) is 19.4 Å². The molecule has 0 saturated carbocycles. The molecular weight excluding hydrogens is 232 g/mol. The van der Waals surface area contributed by atoms with E-state index in [0.29, 0.717) is 13.1 Å². The lowest BCUT2D eigenvalue weighted by Crippen LogP contribution is -2.44. The summed E-state index contributed by atoms with van der Waals surface area (Å²) in [6.45, 7) is 5.79. The van der Waals surface area contributed by atoms with Crippen molar-refractivity contribution in [2.75, 3.05) is 19.6 Å². The highest BCUT2D eigenvalue weighted by Crippen LogP contribution is 2.10. The van der Waals surface area contributed by atoms with Gasteiger partial charge in [-0.2, -0.15) is 0 Å². The number of hydrogen-bond donors (Lipinski definition) is 2. The van der Waals surface area contributed by atoms with Crippen LogP contribution in [0.4, 0.5) is 4.79 Å². The molecular formula is C13H22N2O3. The summed E-state index contributed by atoms with van der Waals surface area (Å²) < 4.78 is 0. The largest absolute Gasteiger partial charge is 0.481 e. The molecule has 1 aliphatic rings. The van der Waals surface area contributed by atoms with E-state index >= 15 is 0 Å². The smallest absolute Gasteiger partial charge is 0.317 e. The molecule has 1 unspecified atom stereocenters. The Bertz CT molecular complexity index is 339. The van der Waals surface area contributed by atoms with Crippen molar-refractivity contribution in [2.45, 2.75) is 33.1 Å². The molecule has 1 rings (SSSR count). The van der Waals surface area contributed by atoms with Crippen molar-refractivity contribution in [2.24, 2.45) is 5.92 Å². The first-order valence-corrected chi connectivity index (χ1v) is 6.43. The lowest BCUT2D eigenvalue weighted by Gasteiger charge is -2.27. The van der Waals surface area contributed by atoms with Crippen molar-refractivity contribution in [1.29, 1.82) is 0 Å². The second-order valence-electron chi connectivity index (χ2n) is 4.82. The molecule has 0 radical (unpaired) electrons. The minimum atomic E-state index is -0.812. The van der Waals surface area contributed by atoms with Gasteiger partial charge in [-0.05, 0) is 19.3 Å². The fourth-order valence-corrected chi connectivity index (χ4v) is 2.04. The van der Waals surface area contributed by atoms with E-state index in [2.05, 4.69) is 11.4 Å². The number of amides is 2. The Morgan fingerprint density at radius 2 is 2.28 bits per heavy atom. The molecule has 0 bridgehead atoms. The van der Waals surface area contributed by atoms with E-state index < -0.39 is 5.97 Å². The molecule has 0 spiro atoms. The highest BCUT2D eigenvalue weighted by Gasteiger charge is 2.18. The number of aliphatic carboxylic acids is 1. The van der Waals surface area contributed by atoms with E-state index in [-0.39, 0.29) is 18.4 Å². The number of carboxylic acids is 1. The third-order valence-electron chi connectivity index (χ3n) is 3.20. The lowest BCUT2D eigenvalue weighted by atomic mass is 10.0. The van der Waals surface area contributed by atoms with Crippen LogP contribution < -0.4 is 5.32 Å². The Morgan fingerprint density at radius 3 is 2.83 bits per heavy atom. The van der Waals surface area contributed by atoms with Gasteiger partial charge in [0.15, 0.2) is 0 Å². The van der Waals surface area contributed by atoms with Crippen LogP contribution in [0.2, 0.25) is 0 Å². The van der Waals surface area contributed by atoms with Crippen molar-refractivity contribution in [1.82, 2.24) is 10.2 Å². The number of nitrogens with one attached hydrogen (secondary N) is 1. The molecule has 1 heterocycles. The van der Waals surface area contributed by atoms with E-state index in [1.165, 1.54) is 5.57 Å². The van der Waals surface area contributed by atoms with Crippen molar-refractivity contribution in [3.05, 3.63) is 11.6 Å². The summed E-state index contributed by atoms with van der Waals surface area (Å²) in [5, 5.41) is 11.6. The van der Waals surface area contributed by atoms with Crippen LogP contribution in [0.15, 0.2) is 11.6 Å². The molecule has 2 N–H and O–H groups in total. The van der Waals surface area contributed by atoms with Gasteiger partial charge >= 0.3 is 12.0 Å². The molecule has 18 heavy (non-hydrogen) atoms. The first-order valence-electron chi connectivity index (χ1n) is 6.43. The number of urea groups is 1. The average molecular weight is 254 g/mol. The second-order valence-corrected chi connectivity index (χ2v) is 4.82. The molecule has 0 fully saturated rings. The lowest BCUT2D eigenvalue weighted by molar-refractivity contribution is -0.138. The topological polar surface area (TPSA) is 69.6 Å². The highest BCUT2D eigenvalue weighted by atomic mass is 16.4. The number of carbonyl (C=O) groups is 2. The summed E-state index contributed by atoms with van der Waals surface area (Å²) in [7, 11) is 0. The molecule has 0 saturated heterocycles. The first-order chi connectivity index (χ1) is 8.52. The maximum absolute atomic E-state index is 11.9. The minimum absolute atomic E-state index is 0.00730. The van der Waals surface area contributed by atoms with E-state index in [1.54, 1.807) is 4.90 Å². The summed E-state index contributed by atoms with van der Waals surface area (Å²) in [6, 6.07) is -0.0914. The average Bonchev–Trinajstić information content (AvgIpc) is 2.33. The molecule has 1 aliphatic heterocycles. The fraction of sp³-hybridized carbons (Fsp3) is 0.692. The van der Waals surface area contributed by atoms with Gasteiger partial charge in [0, 0.05) is 26.1 Å². The third-order valence-corrected chi connectivity index (χ3v) is 3.20. The van der Waals surface area contributed by atoms with Crippen LogP contribution in [0.3, 0.4) is 0 Å². The molecule has 0 aliphatic carbocycles. The number of carboxylic acid groups (broad SMARTS) is 1. The fourth-order valence-electron chi connectivity index (χ4n) is 2.04. The predicted molar refractivity (Wildman–Crippen MR) is 69.4 cm³/mol. The quantitative estimate of drug-likeness (QED) is 0.736. The van der Waals surface area contributed by atoms with Gasteiger partial charge in [0.2, 0.25) is 0 Å². The Balaban J connectivity index is 2.35. The molecule has 5 heteroatoms. The van der Waals surface area contributed by atoms with Gasteiger partial charge in [-0.25, -0.2) is 4.79 Å². The van der Waals surface area contributed by atoms with Crippen LogP contribution >= 0.6 is 0 Å². The SMILES string of the molecule is CCC(CNC(=O)N1CCC=C(C)C1)CC(=O)O. The molecule has 5 nitrogen and oxygen atoms in total. The van der Waals surface area contributed by atoms with Crippen LogP contribution in [0.1, 0.15) is 33.1 Å². The van der Waals surface area contributed by atoms with E-state index in [9.17, 15) is 9.59 Å². The van der Waals surface area contributed by atoms with Gasteiger partial charge in [-0.1, -0.05) is 25.0 Å². The minimum Gasteiger partial charge on any atom is -0.481 e. The van der Waals surface area contributed by atoms with Crippen LogP contribution in [0.25, 0.3) is 0 Å². The highest BCUT2D eigenvalue weighted by molar-refractivity contribution is 5.74. The number of rotatable bonds is 5. The number of hydrogen-bond acceptors (Lipinski definition) is 2. The summed E-state index contributed by atoms with van der Waals surface area (Å²) in [5.41, 5.74) is 1.20. The maximum Gasteiger partial charge on any atom is 0.317 e. The Hall–Kier alpha value is -1.52.